The van der Waals surface area contributed by atoms with E-state index in [4.69, 9.17) is 0 Å². The van der Waals surface area contributed by atoms with Gasteiger partial charge in [-0.2, -0.15) is 0 Å². The number of hydrogen-bond acceptors (Lipinski definition) is 1. The van der Waals surface area contributed by atoms with Crippen molar-refractivity contribution in [2.75, 3.05) is 6.54 Å². The van der Waals surface area contributed by atoms with E-state index in [-0.39, 0.29) is 11.9 Å². The fourth-order valence-corrected chi connectivity index (χ4v) is 3.23. The Morgan fingerprint density at radius 1 is 1.14 bits per heavy atom. The van der Waals surface area contributed by atoms with Crippen LogP contribution in [0.5, 0.6) is 0 Å². The summed E-state index contributed by atoms with van der Waals surface area (Å²) in [5.74, 6) is -0.200. The molecule has 0 aliphatic rings. The summed E-state index contributed by atoms with van der Waals surface area (Å²) >= 11 is 7.04. The third-order valence-electron chi connectivity index (χ3n) is 3.50. The molecule has 0 aliphatic carbocycles. The van der Waals surface area contributed by atoms with Gasteiger partial charge in [-0.3, -0.25) is 0 Å². The second-order valence-corrected chi connectivity index (χ2v) is 6.82. The maximum absolute atomic E-state index is 13.5. The number of rotatable bonds is 5. The second kappa shape index (κ2) is 7.52. The molecule has 4 heteroatoms. The molecule has 0 radical (unpaired) electrons. The molecule has 0 aliphatic heterocycles. The van der Waals surface area contributed by atoms with Crippen LogP contribution in [-0.2, 0) is 6.42 Å². The first-order chi connectivity index (χ1) is 10.0. The van der Waals surface area contributed by atoms with Gasteiger partial charge in [-0.1, -0.05) is 44.8 Å². The largest absolute Gasteiger partial charge is 0.310 e. The molecule has 0 aromatic heterocycles. The molecule has 1 atom stereocenters. The predicted molar refractivity (Wildman–Crippen MR) is 93.1 cm³/mol. The molecule has 1 N–H and O–H groups in total. The molecule has 2 aromatic rings. The Balaban J connectivity index is 2.35. The highest BCUT2D eigenvalue weighted by Gasteiger charge is 2.16. The van der Waals surface area contributed by atoms with Crippen LogP contribution in [0.25, 0.3) is 0 Å². The van der Waals surface area contributed by atoms with Gasteiger partial charge >= 0.3 is 0 Å². The van der Waals surface area contributed by atoms with Crippen molar-refractivity contribution in [1.29, 1.82) is 0 Å². The normalized spacial score (nSPS) is 12.4. The van der Waals surface area contributed by atoms with Gasteiger partial charge in [0.2, 0.25) is 0 Å². The van der Waals surface area contributed by atoms with E-state index in [1.165, 1.54) is 17.2 Å². The smallest absolute Gasteiger partial charge is 0.123 e. The molecule has 2 rings (SSSR count). The van der Waals surface area contributed by atoms with Gasteiger partial charge in [-0.25, -0.2) is 4.39 Å². The fourth-order valence-electron chi connectivity index (χ4n) is 2.44. The SMILES string of the molecule is CCNC(Cc1cc(F)ccc1Br)c1cc(Br)ccc1C. The van der Waals surface area contributed by atoms with Crippen LogP contribution in [0.1, 0.15) is 29.7 Å². The van der Waals surface area contributed by atoms with Crippen molar-refractivity contribution in [3.8, 4) is 0 Å². The lowest BCUT2D eigenvalue weighted by molar-refractivity contribution is 0.543. The zero-order valence-electron chi connectivity index (χ0n) is 12.1. The fraction of sp³-hybridized carbons (Fsp3) is 0.294. The monoisotopic (exact) mass is 413 g/mol. The molecule has 0 fully saturated rings. The Kier molecular flexibility index (Phi) is 5.97. The summed E-state index contributed by atoms with van der Waals surface area (Å²) in [5.41, 5.74) is 3.44. The minimum absolute atomic E-state index is 0.158. The van der Waals surface area contributed by atoms with Crippen LogP contribution >= 0.6 is 31.9 Å². The highest BCUT2D eigenvalue weighted by atomic mass is 79.9. The van der Waals surface area contributed by atoms with Crippen molar-refractivity contribution in [3.05, 3.63) is 67.9 Å². The molecule has 0 saturated carbocycles. The summed E-state index contributed by atoms with van der Waals surface area (Å²) in [7, 11) is 0. The average Bonchev–Trinajstić information content (AvgIpc) is 2.45. The molecule has 0 amide bonds. The first-order valence-electron chi connectivity index (χ1n) is 6.94. The quantitative estimate of drug-likeness (QED) is 0.675. The van der Waals surface area contributed by atoms with Gasteiger partial charge in [-0.05, 0) is 66.9 Å². The van der Waals surface area contributed by atoms with Crippen LogP contribution in [0.3, 0.4) is 0 Å². The van der Waals surface area contributed by atoms with E-state index in [1.807, 2.05) is 6.07 Å². The number of hydrogen-bond donors (Lipinski definition) is 1. The lowest BCUT2D eigenvalue weighted by Gasteiger charge is -2.21. The van der Waals surface area contributed by atoms with Gasteiger partial charge in [0.15, 0.2) is 0 Å². The maximum Gasteiger partial charge on any atom is 0.123 e. The molecule has 1 nitrogen and oxygen atoms in total. The molecule has 0 spiro atoms. The Morgan fingerprint density at radius 2 is 1.90 bits per heavy atom. The second-order valence-electron chi connectivity index (χ2n) is 5.05. The summed E-state index contributed by atoms with van der Waals surface area (Å²) in [5, 5.41) is 3.50. The Hall–Kier alpha value is -0.710. The van der Waals surface area contributed by atoms with Crippen molar-refractivity contribution >= 4 is 31.9 Å². The topological polar surface area (TPSA) is 12.0 Å². The molecule has 0 saturated heterocycles. The molecule has 21 heavy (non-hydrogen) atoms. The van der Waals surface area contributed by atoms with Crippen molar-refractivity contribution in [3.63, 3.8) is 0 Å². The van der Waals surface area contributed by atoms with Gasteiger partial charge < -0.3 is 5.32 Å². The Labute approximate surface area is 142 Å². The highest BCUT2D eigenvalue weighted by Crippen LogP contribution is 2.28. The average molecular weight is 415 g/mol. The van der Waals surface area contributed by atoms with Crippen molar-refractivity contribution < 1.29 is 4.39 Å². The summed E-state index contributed by atoms with van der Waals surface area (Å²) in [4.78, 5) is 0. The molecule has 1 unspecified atom stereocenters. The van der Waals surface area contributed by atoms with Crippen LogP contribution in [0.2, 0.25) is 0 Å². The van der Waals surface area contributed by atoms with E-state index in [0.29, 0.717) is 0 Å². The van der Waals surface area contributed by atoms with Gasteiger partial charge in [0.1, 0.15) is 5.82 Å². The Bertz CT molecular complexity index is 628. The van der Waals surface area contributed by atoms with E-state index in [0.717, 1.165) is 27.5 Å². The zero-order chi connectivity index (χ0) is 15.4. The molecule has 2 aromatic carbocycles. The molecule has 112 valence electrons. The van der Waals surface area contributed by atoms with Crippen LogP contribution in [0.4, 0.5) is 4.39 Å². The number of aryl methyl sites for hydroxylation is 1. The minimum atomic E-state index is -0.200. The standard InChI is InChI=1S/C17H18Br2FN/c1-3-21-17(15-10-13(18)5-4-11(15)2)9-12-8-14(20)6-7-16(12)19/h4-8,10,17,21H,3,9H2,1-2H3. The van der Waals surface area contributed by atoms with E-state index < -0.39 is 0 Å². The molecular formula is C17H18Br2FN. The zero-order valence-corrected chi connectivity index (χ0v) is 15.3. The first-order valence-corrected chi connectivity index (χ1v) is 8.53. The van der Waals surface area contributed by atoms with Crippen LogP contribution < -0.4 is 5.32 Å². The lowest BCUT2D eigenvalue weighted by Crippen LogP contribution is -2.24. The summed E-state index contributed by atoms with van der Waals surface area (Å²) in [6.45, 7) is 5.05. The number of nitrogens with one attached hydrogen (secondary N) is 1. The van der Waals surface area contributed by atoms with Crippen molar-refractivity contribution in [2.24, 2.45) is 0 Å². The van der Waals surface area contributed by atoms with Crippen LogP contribution in [0, 0.1) is 12.7 Å². The van der Waals surface area contributed by atoms with Gasteiger partial charge in [0.25, 0.3) is 0 Å². The maximum atomic E-state index is 13.5. The first kappa shape index (κ1) is 16.7. The molecular weight excluding hydrogens is 397 g/mol. The van der Waals surface area contributed by atoms with Gasteiger partial charge in [-0.15, -0.1) is 0 Å². The van der Waals surface area contributed by atoms with Crippen molar-refractivity contribution in [2.45, 2.75) is 26.3 Å². The summed E-state index contributed by atoms with van der Waals surface area (Å²) < 4.78 is 15.5. The summed E-state index contributed by atoms with van der Waals surface area (Å²) in [6, 6.07) is 11.3. The minimum Gasteiger partial charge on any atom is -0.310 e. The third kappa shape index (κ3) is 4.38. The van der Waals surface area contributed by atoms with E-state index >= 15 is 0 Å². The van der Waals surface area contributed by atoms with Crippen molar-refractivity contribution in [1.82, 2.24) is 5.32 Å². The lowest BCUT2D eigenvalue weighted by atomic mass is 9.95. The van der Waals surface area contributed by atoms with Crippen LogP contribution in [0.15, 0.2) is 45.3 Å². The van der Waals surface area contributed by atoms with Gasteiger partial charge in [0.05, 0.1) is 0 Å². The predicted octanol–water partition coefficient (Wildman–Crippen LogP) is 5.55. The van der Waals surface area contributed by atoms with Crippen LogP contribution in [-0.4, -0.2) is 6.54 Å². The third-order valence-corrected chi connectivity index (χ3v) is 4.77. The number of likely N-dealkylation sites (N-methyl/N-ethyl adjacent to an activating group) is 1. The van der Waals surface area contributed by atoms with E-state index in [9.17, 15) is 4.39 Å². The number of benzene rings is 2. The van der Waals surface area contributed by atoms with E-state index in [1.54, 1.807) is 12.1 Å². The highest BCUT2D eigenvalue weighted by molar-refractivity contribution is 9.10. The summed E-state index contributed by atoms with van der Waals surface area (Å²) in [6.07, 6.45) is 0.740. The molecule has 0 heterocycles. The Morgan fingerprint density at radius 3 is 2.62 bits per heavy atom. The molecule has 0 bridgehead atoms. The number of halogens is 3. The van der Waals surface area contributed by atoms with E-state index in [2.05, 4.69) is 63.2 Å². The van der Waals surface area contributed by atoms with Gasteiger partial charge in [0, 0.05) is 15.0 Å².